The molecule has 4 aliphatic rings. The van der Waals surface area contributed by atoms with Gasteiger partial charge < -0.3 is 14.5 Å². The zero-order chi connectivity index (χ0) is 21.2. The molecule has 6 heteroatoms. The lowest BCUT2D eigenvalue weighted by atomic mass is 9.77. The average molecular weight is 426 g/mol. The number of hydrogen-bond acceptors (Lipinski definition) is 4. The summed E-state index contributed by atoms with van der Waals surface area (Å²) in [4.78, 5) is 33.4. The molecule has 2 amide bonds. The number of benzene rings is 1. The van der Waals surface area contributed by atoms with Crippen molar-refractivity contribution in [2.45, 2.75) is 51.0 Å². The van der Waals surface area contributed by atoms with E-state index in [1.165, 1.54) is 12.0 Å². The maximum atomic E-state index is 13.5. The molecule has 5 rings (SSSR count). The minimum Gasteiger partial charge on any atom is -0.377 e. The first-order chi connectivity index (χ1) is 15.2. The molecular weight excluding hydrogens is 390 g/mol. The van der Waals surface area contributed by atoms with Crippen molar-refractivity contribution in [3.8, 4) is 0 Å². The van der Waals surface area contributed by atoms with Gasteiger partial charge in [0.15, 0.2) is 0 Å². The molecule has 6 nitrogen and oxygen atoms in total. The van der Waals surface area contributed by atoms with E-state index in [1.54, 1.807) is 0 Å². The van der Waals surface area contributed by atoms with Crippen molar-refractivity contribution in [3.63, 3.8) is 0 Å². The second kappa shape index (κ2) is 9.29. The zero-order valence-electron chi connectivity index (χ0n) is 18.5. The molecule has 31 heavy (non-hydrogen) atoms. The topological polar surface area (TPSA) is 53.1 Å². The van der Waals surface area contributed by atoms with Crippen LogP contribution in [0.3, 0.4) is 0 Å². The van der Waals surface area contributed by atoms with Gasteiger partial charge in [0, 0.05) is 57.5 Å². The first kappa shape index (κ1) is 21.0. The number of amides is 2. The molecule has 3 aliphatic heterocycles. The summed E-state index contributed by atoms with van der Waals surface area (Å²) in [6.45, 7) is 6.00. The highest BCUT2D eigenvalue weighted by atomic mass is 16.5. The van der Waals surface area contributed by atoms with Crippen LogP contribution in [0.5, 0.6) is 0 Å². The molecule has 1 saturated carbocycles. The molecule has 0 aromatic heterocycles. The Labute approximate surface area is 185 Å². The van der Waals surface area contributed by atoms with Gasteiger partial charge in [0.2, 0.25) is 11.8 Å². The van der Waals surface area contributed by atoms with E-state index < -0.39 is 0 Å². The van der Waals surface area contributed by atoms with E-state index >= 15 is 0 Å². The van der Waals surface area contributed by atoms with E-state index in [2.05, 4.69) is 11.0 Å². The second-order valence-electron chi connectivity index (χ2n) is 9.63. The molecule has 3 unspecified atom stereocenters. The monoisotopic (exact) mass is 425 g/mol. The predicted molar refractivity (Wildman–Crippen MR) is 120 cm³/mol. The fraction of sp³-hybridized carbons (Fsp3) is 0.680. The SMILES string of the molecule is O=C(C1CCCCC1C(=O)N1CCc2ccccc21)N1CCN(CC2CCCO2)CC1. The standard InChI is InChI=1S/C25H35N3O3/c29-24(27-15-13-26(14-16-27)18-20-7-5-17-31-20)21-8-2-3-9-22(21)25(30)28-12-11-19-6-1-4-10-23(19)28/h1,4,6,10,20-22H,2-3,5,7-9,11-18H2. The van der Waals surface area contributed by atoms with Crippen molar-refractivity contribution in [1.29, 1.82) is 0 Å². The minimum absolute atomic E-state index is 0.154. The van der Waals surface area contributed by atoms with E-state index in [0.29, 0.717) is 6.10 Å². The molecule has 1 aromatic rings. The average Bonchev–Trinajstić information content (AvgIpc) is 3.48. The van der Waals surface area contributed by atoms with Gasteiger partial charge >= 0.3 is 0 Å². The van der Waals surface area contributed by atoms with Crippen LogP contribution in [0, 0.1) is 11.8 Å². The Morgan fingerprint density at radius 2 is 1.61 bits per heavy atom. The number of hydrogen-bond donors (Lipinski definition) is 0. The highest BCUT2D eigenvalue weighted by Gasteiger charge is 2.41. The lowest BCUT2D eigenvalue weighted by molar-refractivity contribution is -0.144. The highest BCUT2D eigenvalue weighted by molar-refractivity contribution is 5.99. The molecule has 0 spiro atoms. The molecule has 3 atom stereocenters. The fourth-order valence-electron chi connectivity index (χ4n) is 5.95. The normalized spacial score (nSPS) is 29.2. The molecular formula is C25H35N3O3. The van der Waals surface area contributed by atoms with Crippen molar-refractivity contribution in [1.82, 2.24) is 9.80 Å². The van der Waals surface area contributed by atoms with Crippen molar-refractivity contribution < 1.29 is 14.3 Å². The molecule has 3 heterocycles. The molecule has 3 fully saturated rings. The Morgan fingerprint density at radius 1 is 0.871 bits per heavy atom. The van der Waals surface area contributed by atoms with E-state index in [4.69, 9.17) is 4.74 Å². The summed E-state index contributed by atoms with van der Waals surface area (Å²) in [7, 11) is 0. The number of nitrogens with zero attached hydrogens (tertiary/aromatic N) is 3. The van der Waals surface area contributed by atoms with Gasteiger partial charge in [-0.05, 0) is 43.7 Å². The van der Waals surface area contributed by atoms with Crippen LogP contribution in [0.1, 0.15) is 44.1 Å². The summed E-state index contributed by atoms with van der Waals surface area (Å²) < 4.78 is 5.77. The van der Waals surface area contributed by atoms with Crippen LogP contribution >= 0.6 is 0 Å². The van der Waals surface area contributed by atoms with E-state index in [1.807, 2.05) is 28.0 Å². The molecule has 1 aliphatic carbocycles. The van der Waals surface area contributed by atoms with Gasteiger partial charge in [0.25, 0.3) is 0 Å². The van der Waals surface area contributed by atoms with E-state index in [-0.39, 0.29) is 23.7 Å². The Balaban J connectivity index is 1.21. The largest absolute Gasteiger partial charge is 0.377 e. The number of piperazine rings is 1. The summed E-state index contributed by atoms with van der Waals surface area (Å²) in [5.74, 6) is 0.0540. The highest BCUT2D eigenvalue weighted by Crippen LogP contribution is 2.36. The van der Waals surface area contributed by atoms with E-state index in [9.17, 15) is 9.59 Å². The Morgan fingerprint density at radius 3 is 2.35 bits per heavy atom. The van der Waals surface area contributed by atoms with E-state index in [0.717, 1.165) is 90.1 Å². The van der Waals surface area contributed by atoms with Gasteiger partial charge in [0.1, 0.15) is 0 Å². The maximum absolute atomic E-state index is 13.5. The van der Waals surface area contributed by atoms with Crippen molar-refractivity contribution >= 4 is 17.5 Å². The van der Waals surface area contributed by atoms with Crippen molar-refractivity contribution in [2.24, 2.45) is 11.8 Å². The third-order valence-electron chi connectivity index (χ3n) is 7.72. The number of carbonyl (C=O) groups is 2. The van der Waals surface area contributed by atoms with Gasteiger partial charge in [-0.2, -0.15) is 0 Å². The molecule has 0 radical (unpaired) electrons. The van der Waals surface area contributed by atoms with Gasteiger partial charge in [-0.15, -0.1) is 0 Å². The molecule has 1 aromatic carbocycles. The number of rotatable bonds is 4. The molecule has 168 valence electrons. The Kier molecular flexibility index (Phi) is 6.28. The number of anilines is 1. The summed E-state index contributed by atoms with van der Waals surface area (Å²) in [6.07, 6.45) is 7.39. The van der Waals surface area contributed by atoms with Crippen molar-refractivity contribution in [3.05, 3.63) is 29.8 Å². The summed E-state index contributed by atoms with van der Waals surface area (Å²) in [5, 5.41) is 0. The van der Waals surface area contributed by atoms with Gasteiger partial charge in [-0.3, -0.25) is 14.5 Å². The lowest BCUT2D eigenvalue weighted by Crippen LogP contribution is -2.53. The van der Waals surface area contributed by atoms with Crippen LogP contribution in [-0.2, 0) is 20.7 Å². The summed E-state index contributed by atoms with van der Waals surface area (Å²) >= 11 is 0. The van der Waals surface area contributed by atoms with Crippen LogP contribution in [-0.4, -0.2) is 73.6 Å². The van der Waals surface area contributed by atoms with Crippen LogP contribution in [0.2, 0.25) is 0 Å². The zero-order valence-corrected chi connectivity index (χ0v) is 18.5. The first-order valence-corrected chi connectivity index (χ1v) is 12.2. The number of fused-ring (bicyclic) bond motifs is 1. The third-order valence-corrected chi connectivity index (χ3v) is 7.72. The maximum Gasteiger partial charge on any atom is 0.230 e. The Hall–Kier alpha value is -1.92. The second-order valence-corrected chi connectivity index (χ2v) is 9.63. The molecule has 0 bridgehead atoms. The number of carbonyl (C=O) groups excluding carboxylic acids is 2. The lowest BCUT2D eigenvalue weighted by Gasteiger charge is -2.40. The van der Waals surface area contributed by atoms with Crippen molar-refractivity contribution in [2.75, 3.05) is 50.8 Å². The predicted octanol–water partition coefficient (Wildman–Crippen LogP) is 2.71. The molecule has 0 N–H and O–H groups in total. The van der Waals surface area contributed by atoms with Crippen LogP contribution in [0.4, 0.5) is 5.69 Å². The fourth-order valence-corrected chi connectivity index (χ4v) is 5.95. The number of ether oxygens (including phenoxy) is 1. The molecule has 2 saturated heterocycles. The quantitative estimate of drug-likeness (QED) is 0.744. The smallest absolute Gasteiger partial charge is 0.230 e. The van der Waals surface area contributed by atoms with Crippen LogP contribution < -0.4 is 4.90 Å². The van der Waals surface area contributed by atoms with Crippen LogP contribution in [0.15, 0.2) is 24.3 Å². The minimum atomic E-state index is -0.169. The van der Waals surface area contributed by atoms with Crippen LogP contribution in [0.25, 0.3) is 0 Å². The Bertz CT molecular complexity index is 799. The van der Waals surface area contributed by atoms with Gasteiger partial charge in [0.05, 0.1) is 12.0 Å². The summed E-state index contributed by atoms with van der Waals surface area (Å²) in [6, 6.07) is 8.21. The third kappa shape index (κ3) is 4.37. The van der Waals surface area contributed by atoms with Gasteiger partial charge in [-0.1, -0.05) is 31.0 Å². The first-order valence-electron chi connectivity index (χ1n) is 12.2. The summed E-state index contributed by atoms with van der Waals surface area (Å²) in [5.41, 5.74) is 2.30. The van der Waals surface area contributed by atoms with Gasteiger partial charge in [-0.25, -0.2) is 0 Å². The number of para-hydroxylation sites is 1.